The van der Waals surface area contributed by atoms with Gasteiger partial charge in [0.1, 0.15) is 11.5 Å². The van der Waals surface area contributed by atoms with E-state index in [1.54, 1.807) is 18.4 Å². The fourth-order valence-electron chi connectivity index (χ4n) is 1.72. The normalized spacial score (nSPS) is 10.7. The Labute approximate surface area is 118 Å². The summed E-state index contributed by atoms with van der Waals surface area (Å²) in [6, 6.07) is 11.2. The Morgan fingerprint density at radius 2 is 2.15 bits per heavy atom. The molecule has 1 amide bonds. The van der Waals surface area contributed by atoms with Crippen LogP contribution in [-0.2, 0) is 11.3 Å². The van der Waals surface area contributed by atoms with E-state index in [1.807, 2.05) is 37.3 Å². The van der Waals surface area contributed by atoms with E-state index in [4.69, 9.17) is 9.15 Å². The number of carbonyl (C=O) groups excluding carboxylic acids is 1. The first kappa shape index (κ1) is 13.9. The molecular weight excluding hydrogens is 254 g/mol. The van der Waals surface area contributed by atoms with Crippen molar-refractivity contribution in [3.63, 3.8) is 0 Å². The zero-order valence-corrected chi connectivity index (χ0v) is 11.3. The van der Waals surface area contributed by atoms with Gasteiger partial charge in [-0.15, -0.1) is 0 Å². The number of hydrogen-bond acceptors (Lipinski definition) is 3. The molecule has 0 unspecified atom stereocenters. The summed E-state index contributed by atoms with van der Waals surface area (Å²) >= 11 is 0. The molecule has 0 spiro atoms. The van der Waals surface area contributed by atoms with Crippen LogP contribution in [0.15, 0.2) is 53.2 Å². The molecule has 0 aliphatic heterocycles. The lowest BCUT2D eigenvalue weighted by Crippen LogP contribution is -2.19. The summed E-state index contributed by atoms with van der Waals surface area (Å²) in [5.41, 5.74) is 0.877. The maximum Gasteiger partial charge on any atom is 0.244 e. The molecule has 1 heterocycles. The minimum Gasteiger partial charge on any atom is -0.493 e. The van der Waals surface area contributed by atoms with Crippen molar-refractivity contribution >= 4 is 12.0 Å². The molecule has 1 aromatic heterocycles. The van der Waals surface area contributed by atoms with Gasteiger partial charge < -0.3 is 14.5 Å². The molecule has 0 bridgehead atoms. The molecule has 2 rings (SSSR count). The summed E-state index contributed by atoms with van der Waals surface area (Å²) in [5.74, 6) is 1.32. The first-order chi connectivity index (χ1) is 9.79. The van der Waals surface area contributed by atoms with Crippen LogP contribution in [-0.4, -0.2) is 12.5 Å². The minimum atomic E-state index is -0.173. The lowest BCUT2D eigenvalue weighted by atomic mass is 10.2. The fraction of sp³-hybridized carbons (Fsp3) is 0.188. The summed E-state index contributed by atoms with van der Waals surface area (Å²) < 4.78 is 10.6. The van der Waals surface area contributed by atoms with Crippen LogP contribution in [0.2, 0.25) is 0 Å². The van der Waals surface area contributed by atoms with Crippen LogP contribution in [0.4, 0.5) is 0 Å². The molecule has 104 valence electrons. The number of hydrogen-bond donors (Lipinski definition) is 1. The molecule has 4 nitrogen and oxygen atoms in total. The van der Waals surface area contributed by atoms with E-state index in [0.29, 0.717) is 13.2 Å². The average molecular weight is 271 g/mol. The van der Waals surface area contributed by atoms with Gasteiger partial charge in [0.05, 0.1) is 19.4 Å². The SMILES string of the molecule is CCOc1ccccc1/C=C/C(=O)NCc1ccco1. The third kappa shape index (κ3) is 4.02. The number of amides is 1. The topological polar surface area (TPSA) is 51.5 Å². The van der Waals surface area contributed by atoms with Gasteiger partial charge in [-0.2, -0.15) is 0 Å². The fourth-order valence-corrected chi connectivity index (χ4v) is 1.72. The minimum absolute atomic E-state index is 0.173. The van der Waals surface area contributed by atoms with Gasteiger partial charge in [-0.1, -0.05) is 18.2 Å². The number of benzene rings is 1. The van der Waals surface area contributed by atoms with Crippen molar-refractivity contribution < 1.29 is 13.9 Å². The average Bonchev–Trinajstić information content (AvgIpc) is 2.98. The van der Waals surface area contributed by atoms with Crippen molar-refractivity contribution in [1.82, 2.24) is 5.32 Å². The van der Waals surface area contributed by atoms with Crippen LogP contribution >= 0.6 is 0 Å². The van der Waals surface area contributed by atoms with Crippen molar-refractivity contribution in [3.8, 4) is 5.75 Å². The van der Waals surface area contributed by atoms with Crippen LogP contribution in [0.5, 0.6) is 5.75 Å². The summed E-state index contributed by atoms with van der Waals surface area (Å²) in [5, 5.41) is 2.75. The Balaban J connectivity index is 1.93. The number of para-hydroxylation sites is 1. The van der Waals surface area contributed by atoms with E-state index in [9.17, 15) is 4.79 Å². The lowest BCUT2D eigenvalue weighted by Gasteiger charge is -2.06. The van der Waals surface area contributed by atoms with Gasteiger partial charge in [0.15, 0.2) is 0 Å². The number of ether oxygens (including phenoxy) is 1. The van der Waals surface area contributed by atoms with Gasteiger partial charge >= 0.3 is 0 Å². The van der Waals surface area contributed by atoms with Crippen molar-refractivity contribution in [3.05, 3.63) is 60.1 Å². The largest absolute Gasteiger partial charge is 0.493 e. The van der Waals surface area contributed by atoms with Crippen molar-refractivity contribution in [2.75, 3.05) is 6.61 Å². The van der Waals surface area contributed by atoms with E-state index in [-0.39, 0.29) is 5.91 Å². The molecule has 0 saturated heterocycles. The Bertz CT molecular complexity index is 573. The molecule has 2 aromatic rings. The lowest BCUT2D eigenvalue weighted by molar-refractivity contribution is -0.116. The Kier molecular flexibility index (Phi) is 5.00. The van der Waals surface area contributed by atoms with Gasteiger partial charge in [0, 0.05) is 11.6 Å². The molecule has 0 atom stereocenters. The molecule has 20 heavy (non-hydrogen) atoms. The number of carbonyl (C=O) groups is 1. The van der Waals surface area contributed by atoms with Gasteiger partial charge in [-0.05, 0) is 31.2 Å². The first-order valence-corrected chi connectivity index (χ1v) is 6.49. The van der Waals surface area contributed by atoms with E-state index in [1.165, 1.54) is 6.08 Å². The van der Waals surface area contributed by atoms with Gasteiger partial charge in [0.25, 0.3) is 0 Å². The Hall–Kier alpha value is -2.49. The van der Waals surface area contributed by atoms with Crippen LogP contribution in [0.3, 0.4) is 0 Å². The Morgan fingerprint density at radius 3 is 2.90 bits per heavy atom. The van der Waals surface area contributed by atoms with Gasteiger partial charge in [-0.25, -0.2) is 0 Å². The van der Waals surface area contributed by atoms with Crippen molar-refractivity contribution in [1.29, 1.82) is 0 Å². The summed E-state index contributed by atoms with van der Waals surface area (Å²) in [7, 11) is 0. The maximum atomic E-state index is 11.7. The molecule has 0 radical (unpaired) electrons. The zero-order valence-electron chi connectivity index (χ0n) is 11.3. The monoisotopic (exact) mass is 271 g/mol. The Morgan fingerprint density at radius 1 is 1.30 bits per heavy atom. The summed E-state index contributed by atoms with van der Waals surface area (Å²) in [6.07, 6.45) is 4.80. The predicted octanol–water partition coefficient (Wildman–Crippen LogP) is 3.01. The van der Waals surface area contributed by atoms with E-state index < -0.39 is 0 Å². The van der Waals surface area contributed by atoms with Gasteiger partial charge in [0.2, 0.25) is 5.91 Å². The third-order valence-corrected chi connectivity index (χ3v) is 2.65. The molecule has 4 heteroatoms. The van der Waals surface area contributed by atoms with Crippen LogP contribution < -0.4 is 10.1 Å². The second kappa shape index (κ2) is 7.19. The number of rotatable bonds is 6. The van der Waals surface area contributed by atoms with E-state index in [2.05, 4.69) is 5.32 Å². The molecule has 1 aromatic carbocycles. The molecule has 0 fully saturated rings. The van der Waals surface area contributed by atoms with Crippen LogP contribution in [0.25, 0.3) is 6.08 Å². The number of furan rings is 1. The van der Waals surface area contributed by atoms with E-state index in [0.717, 1.165) is 17.1 Å². The highest BCUT2D eigenvalue weighted by Gasteiger charge is 2.01. The second-order valence-electron chi connectivity index (χ2n) is 4.10. The van der Waals surface area contributed by atoms with E-state index >= 15 is 0 Å². The maximum absolute atomic E-state index is 11.7. The molecular formula is C16H17NO3. The number of nitrogens with one attached hydrogen (secondary N) is 1. The smallest absolute Gasteiger partial charge is 0.244 e. The molecule has 0 aliphatic carbocycles. The van der Waals surface area contributed by atoms with Crippen molar-refractivity contribution in [2.24, 2.45) is 0 Å². The quantitative estimate of drug-likeness (QED) is 0.822. The van der Waals surface area contributed by atoms with Crippen molar-refractivity contribution in [2.45, 2.75) is 13.5 Å². The molecule has 0 aliphatic rings. The highest BCUT2D eigenvalue weighted by atomic mass is 16.5. The van der Waals surface area contributed by atoms with Gasteiger partial charge in [-0.3, -0.25) is 4.79 Å². The highest BCUT2D eigenvalue weighted by molar-refractivity contribution is 5.92. The first-order valence-electron chi connectivity index (χ1n) is 6.49. The predicted molar refractivity (Wildman–Crippen MR) is 77.2 cm³/mol. The summed E-state index contributed by atoms with van der Waals surface area (Å²) in [6.45, 7) is 2.90. The standard InChI is InChI=1S/C16H17NO3/c1-2-19-15-8-4-3-6-13(15)9-10-16(18)17-12-14-7-5-11-20-14/h3-11H,2,12H2,1H3,(H,17,18)/b10-9+. The van der Waals surface area contributed by atoms with Crippen LogP contribution in [0, 0.1) is 0 Å². The zero-order chi connectivity index (χ0) is 14.2. The second-order valence-corrected chi connectivity index (χ2v) is 4.10. The molecule has 0 saturated carbocycles. The highest BCUT2D eigenvalue weighted by Crippen LogP contribution is 2.19. The third-order valence-electron chi connectivity index (χ3n) is 2.65. The summed E-state index contributed by atoms with van der Waals surface area (Å²) in [4.78, 5) is 11.7. The van der Waals surface area contributed by atoms with Crippen LogP contribution in [0.1, 0.15) is 18.2 Å². The molecule has 1 N–H and O–H groups in total.